The van der Waals surface area contributed by atoms with Crippen LogP contribution in [0.2, 0.25) is 0 Å². The number of rotatable bonds is 9. The minimum absolute atomic E-state index is 0. The highest BCUT2D eigenvalue weighted by Crippen LogP contribution is 2.40. The van der Waals surface area contributed by atoms with Gasteiger partial charge in [0.25, 0.3) is 0 Å². The summed E-state index contributed by atoms with van der Waals surface area (Å²) in [5, 5.41) is 10.2. The third kappa shape index (κ3) is 7.31. The SMILES string of the molecule is CCNC(=NCc1nc(C(C)C)cs1)NCC1(CCOC)CCCC1.I. The molecule has 7 heteroatoms. The largest absolute Gasteiger partial charge is 0.385 e. The molecule has 1 heterocycles. The standard InChI is InChI=1S/C19H34N4OS.HI/c1-5-20-18(21-12-17-23-16(13-25-17)15(2)3)22-14-19(10-11-24-4)8-6-7-9-19;/h13,15H,5-12,14H2,1-4H3,(H2,20,21,22);1H. The maximum atomic E-state index is 5.33. The zero-order chi connectivity index (χ0) is 18.1. The lowest BCUT2D eigenvalue weighted by molar-refractivity contribution is 0.138. The summed E-state index contributed by atoms with van der Waals surface area (Å²) >= 11 is 1.70. The van der Waals surface area contributed by atoms with E-state index >= 15 is 0 Å². The fraction of sp³-hybridized carbons (Fsp3) is 0.789. The lowest BCUT2D eigenvalue weighted by Crippen LogP contribution is -2.43. The lowest BCUT2D eigenvalue weighted by Gasteiger charge is -2.29. The number of hydrogen-bond donors (Lipinski definition) is 2. The van der Waals surface area contributed by atoms with Crippen LogP contribution in [0.1, 0.15) is 69.5 Å². The fourth-order valence-corrected chi connectivity index (χ4v) is 4.26. The number of ether oxygens (including phenoxy) is 1. The molecule has 0 radical (unpaired) electrons. The van der Waals surface area contributed by atoms with Crippen LogP contribution in [0, 0.1) is 5.41 Å². The van der Waals surface area contributed by atoms with Crippen LogP contribution < -0.4 is 10.6 Å². The maximum Gasteiger partial charge on any atom is 0.191 e. The molecule has 150 valence electrons. The van der Waals surface area contributed by atoms with E-state index in [9.17, 15) is 0 Å². The molecular formula is C19H35IN4OS. The number of halogens is 1. The number of methoxy groups -OCH3 is 1. The summed E-state index contributed by atoms with van der Waals surface area (Å²) in [6.07, 6.45) is 6.35. The lowest BCUT2D eigenvalue weighted by atomic mass is 9.83. The third-order valence-electron chi connectivity index (χ3n) is 5.01. The van der Waals surface area contributed by atoms with Gasteiger partial charge >= 0.3 is 0 Å². The van der Waals surface area contributed by atoms with Crippen molar-refractivity contribution in [3.05, 3.63) is 16.1 Å². The molecule has 0 saturated heterocycles. The van der Waals surface area contributed by atoms with Gasteiger partial charge in [-0.1, -0.05) is 26.7 Å². The van der Waals surface area contributed by atoms with E-state index in [0.29, 0.717) is 17.9 Å². The van der Waals surface area contributed by atoms with Crippen molar-refractivity contribution < 1.29 is 4.74 Å². The molecule has 5 nitrogen and oxygen atoms in total. The Morgan fingerprint density at radius 3 is 2.65 bits per heavy atom. The molecule has 1 aliphatic carbocycles. The van der Waals surface area contributed by atoms with Gasteiger partial charge in [-0.15, -0.1) is 35.3 Å². The molecule has 1 fully saturated rings. The van der Waals surface area contributed by atoms with E-state index in [1.165, 1.54) is 25.7 Å². The molecule has 0 unspecified atom stereocenters. The minimum atomic E-state index is 0. The normalized spacial score (nSPS) is 16.6. The van der Waals surface area contributed by atoms with E-state index in [1.807, 2.05) is 0 Å². The third-order valence-corrected chi connectivity index (χ3v) is 5.86. The van der Waals surface area contributed by atoms with Crippen LogP contribution in [0.4, 0.5) is 0 Å². The van der Waals surface area contributed by atoms with Crippen LogP contribution in [0.25, 0.3) is 0 Å². The molecule has 0 aliphatic heterocycles. The first kappa shape index (κ1) is 23.6. The van der Waals surface area contributed by atoms with Crippen molar-refractivity contribution >= 4 is 41.3 Å². The zero-order valence-corrected chi connectivity index (χ0v) is 19.8. The molecule has 2 N–H and O–H groups in total. The summed E-state index contributed by atoms with van der Waals surface area (Å²) in [5.41, 5.74) is 1.52. The van der Waals surface area contributed by atoms with Gasteiger partial charge in [0, 0.05) is 32.2 Å². The first-order valence-electron chi connectivity index (χ1n) is 9.54. The Morgan fingerprint density at radius 1 is 1.35 bits per heavy atom. The highest BCUT2D eigenvalue weighted by Gasteiger charge is 2.33. The van der Waals surface area contributed by atoms with Crippen LogP contribution in [0.5, 0.6) is 0 Å². The summed E-state index contributed by atoms with van der Waals surface area (Å²) in [7, 11) is 1.79. The van der Waals surface area contributed by atoms with Crippen molar-refractivity contribution in [3.8, 4) is 0 Å². The highest BCUT2D eigenvalue weighted by atomic mass is 127. The number of hydrogen-bond acceptors (Lipinski definition) is 4. The number of aromatic nitrogens is 1. The number of aliphatic imine (C=N–C) groups is 1. The average molecular weight is 494 g/mol. The summed E-state index contributed by atoms with van der Waals surface area (Å²) < 4.78 is 5.33. The molecule has 1 aliphatic rings. The number of thiazole rings is 1. The topological polar surface area (TPSA) is 58.5 Å². The second kappa shape index (κ2) is 12.1. The van der Waals surface area contributed by atoms with Crippen molar-refractivity contribution in [2.75, 3.05) is 26.8 Å². The van der Waals surface area contributed by atoms with Crippen molar-refractivity contribution in [2.45, 2.75) is 65.3 Å². The monoisotopic (exact) mass is 494 g/mol. The van der Waals surface area contributed by atoms with E-state index < -0.39 is 0 Å². The molecule has 1 aromatic rings. The van der Waals surface area contributed by atoms with Gasteiger partial charge in [-0.2, -0.15) is 0 Å². The van der Waals surface area contributed by atoms with Gasteiger partial charge in [0.2, 0.25) is 0 Å². The van der Waals surface area contributed by atoms with Gasteiger partial charge in [0.1, 0.15) is 5.01 Å². The minimum Gasteiger partial charge on any atom is -0.385 e. The van der Waals surface area contributed by atoms with Gasteiger partial charge in [-0.05, 0) is 37.5 Å². The fourth-order valence-electron chi connectivity index (χ4n) is 3.38. The van der Waals surface area contributed by atoms with Crippen LogP contribution in [0.3, 0.4) is 0 Å². The van der Waals surface area contributed by atoms with Crippen LogP contribution in [-0.2, 0) is 11.3 Å². The molecule has 0 amide bonds. The maximum absolute atomic E-state index is 5.33. The Labute approximate surface area is 179 Å². The van der Waals surface area contributed by atoms with Gasteiger partial charge in [-0.3, -0.25) is 0 Å². The van der Waals surface area contributed by atoms with Crippen molar-refractivity contribution in [3.63, 3.8) is 0 Å². The van der Waals surface area contributed by atoms with Crippen molar-refractivity contribution in [2.24, 2.45) is 10.4 Å². The zero-order valence-electron chi connectivity index (χ0n) is 16.6. The van der Waals surface area contributed by atoms with Crippen LogP contribution in [-0.4, -0.2) is 37.7 Å². The summed E-state index contributed by atoms with van der Waals surface area (Å²) in [4.78, 5) is 9.41. The molecule has 0 atom stereocenters. The summed E-state index contributed by atoms with van der Waals surface area (Å²) in [6, 6.07) is 0. The van der Waals surface area contributed by atoms with Crippen LogP contribution >= 0.6 is 35.3 Å². The molecule has 0 spiro atoms. The number of nitrogens with zero attached hydrogens (tertiary/aromatic N) is 2. The smallest absolute Gasteiger partial charge is 0.191 e. The molecule has 0 aromatic carbocycles. The Bertz CT molecular complexity index is 541. The quantitative estimate of drug-likeness (QED) is 0.301. The van der Waals surface area contributed by atoms with Gasteiger partial charge in [0.05, 0.1) is 12.2 Å². The van der Waals surface area contributed by atoms with Gasteiger partial charge < -0.3 is 15.4 Å². The molecular weight excluding hydrogens is 459 g/mol. The van der Waals surface area contributed by atoms with Gasteiger partial charge in [0.15, 0.2) is 5.96 Å². The molecule has 26 heavy (non-hydrogen) atoms. The average Bonchev–Trinajstić information content (AvgIpc) is 3.26. The molecule has 1 saturated carbocycles. The Hall–Kier alpha value is -0.410. The first-order chi connectivity index (χ1) is 12.1. The highest BCUT2D eigenvalue weighted by molar-refractivity contribution is 14.0. The second-order valence-corrected chi connectivity index (χ2v) is 8.26. The molecule has 1 aromatic heterocycles. The van der Waals surface area contributed by atoms with E-state index in [4.69, 9.17) is 9.73 Å². The second-order valence-electron chi connectivity index (χ2n) is 7.32. The van der Waals surface area contributed by atoms with E-state index in [2.05, 4.69) is 41.8 Å². The number of nitrogens with one attached hydrogen (secondary N) is 2. The van der Waals surface area contributed by atoms with E-state index in [-0.39, 0.29) is 24.0 Å². The Kier molecular flexibility index (Phi) is 11.0. The Balaban J connectivity index is 0.00000338. The first-order valence-corrected chi connectivity index (χ1v) is 10.4. The molecule has 0 bridgehead atoms. The van der Waals surface area contributed by atoms with Crippen molar-refractivity contribution in [1.29, 1.82) is 0 Å². The van der Waals surface area contributed by atoms with Gasteiger partial charge in [-0.25, -0.2) is 9.98 Å². The van der Waals surface area contributed by atoms with E-state index in [1.54, 1.807) is 18.4 Å². The predicted molar refractivity (Wildman–Crippen MR) is 122 cm³/mol. The van der Waals surface area contributed by atoms with Crippen molar-refractivity contribution in [1.82, 2.24) is 15.6 Å². The summed E-state index contributed by atoms with van der Waals surface area (Å²) in [5.74, 6) is 1.37. The predicted octanol–water partition coefficient (Wildman–Crippen LogP) is 4.54. The van der Waals surface area contributed by atoms with E-state index in [0.717, 1.165) is 42.8 Å². The molecule has 2 rings (SSSR count). The Morgan fingerprint density at radius 2 is 2.08 bits per heavy atom. The summed E-state index contributed by atoms with van der Waals surface area (Å²) in [6.45, 7) is 9.77. The number of guanidine groups is 1. The van der Waals surface area contributed by atoms with Crippen LogP contribution in [0.15, 0.2) is 10.4 Å².